The normalized spacial score (nSPS) is 10.1. The molecular weight excluding hydrogens is 430 g/mol. The van der Waals surface area contributed by atoms with Gasteiger partial charge in [-0.1, -0.05) is 19.4 Å². The summed E-state index contributed by atoms with van der Waals surface area (Å²) in [5.41, 5.74) is 6.58. The van der Waals surface area contributed by atoms with Gasteiger partial charge in [-0.15, -0.1) is 0 Å². The number of anilines is 1. The molecule has 2 aromatic carbocycles. The van der Waals surface area contributed by atoms with E-state index in [-0.39, 0.29) is 11.0 Å². The minimum absolute atomic E-state index is 0.112. The van der Waals surface area contributed by atoms with Crippen molar-refractivity contribution in [2.75, 3.05) is 11.9 Å². The first-order chi connectivity index (χ1) is 12.9. The van der Waals surface area contributed by atoms with E-state index in [2.05, 4.69) is 33.5 Å². The van der Waals surface area contributed by atoms with Gasteiger partial charge in [-0.05, 0) is 71.0 Å². The van der Waals surface area contributed by atoms with Crippen LogP contribution in [0.15, 0.2) is 46.9 Å². The van der Waals surface area contributed by atoms with E-state index in [1.54, 1.807) is 42.5 Å². The Morgan fingerprint density at radius 1 is 1.19 bits per heavy atom. The van der Waals surface area contributed by atoms with Crippen molar-refractivity contribution in [2.45, 2.75) is 19.8 Å². The van der Waals surface area contributed by atoms with E-state index in [9.17, 15) is 9.59 Å². The first kappa shape index (κ1) is 20.9. The molecule has 0 radical (unpaired) electrons. The highest BCUT2D eigenvalue weighted by atomic mass is 79.9. The molecule has 2 amide bonds. The second-order valence-electron chi connectivity index (χ2n) is 5.70. The van der Waals surface area contributed by atoms with Gasteiger partial charge in [0, 0.05) is 16.8 Å². The molecule has 0 heterocycles. The van der Waals surface area contributed by atoms with Crippen LogP contribution in [0.25, 0.3) is 0 Å². The number of unbranched alkanes of at least 4 members (excludes halogenated alkanes) is 1. The summed E-state index contributed by atoms with van der Waals surface area (Å²) in [5.74, 6) is -0.219. The van der Waals surface area contributed by atoms with Crippen molar-refractivity contribution in [3.8, 4) is 5.75 Å². The van der Waals surface area contributed by atoms with Gasteiger partial charge < -0.3 is 15.8 Å². The highest BCUT2D eigenvalue weighted by Gasteiger charge is 2.11. The Bertz CT molecular complexity index is 858. The van der Waals surface area contributed by atoms with Gasteiger partial charge in [0.15, 0.2) is 5.11 Å². The van der Waals surface area contributed by atoms with Gasteiger partial charge >= 0.3 is 0 Å². The molecule has 0 fully saturated rings. The molecule has 0 atom stereocenters. The number of rotatable bonds is 7. The molecule has 8 heteroatoms. The quantitative estimate of drug-likeness (QED) is 0.440. The second-order valence-corrected chi connectivity index (χ2v) is 6.96. The fourth-order valence-corrected chi connectivity index (χ4v) is 2.88. The number of nitrogens with one attached hydrogen (secondary N) is 2. The number of amides is 2. The molecule has 142 valence electrons. The van der Waals surface area contributed by atoms with Gasteiger partial charge in [0.2, 0.25) is 5.91 Å². The molecule has 0 aliphatic rings. The van der Waals surface area contributed by atoms with Crippen LogP contribution >= 0.6 is 28.1 Å². The van der Waals surface area contributed by atoms with Crippen molar-refractivity contribution in [2.24, 2.45) is 5.73 Å². The summed E-state index contributed by atoms with van der Waals surface area (Å²) in [6.07, 6.45) is 2.01. The van der Waals surface area contributed by atoms with E-state index in [1.165, 1.54) is 0 Å². The number of hydrogen-bond acceptors (Lipinski definition) is 4. The average molecular weight is 450 g/mol. The van der Waals surface area contributed by atoms with Crippen LogP contribution in [0.2, 0.25) is 0 Å². The van der Waals surface area contributed by atoms with Gasteiger partial charge in [0.05, 0.1) is 11.1 Å². The van der Waals surface area contributed by atoms with Gasteiger partial charge in [0.1, 0.15) is 5.75 Å². The third kappa shape index (κ3) is 6.33. The molecule has 2 aromatic rings. The Kier molecular flexibility index (Phi) is 7.75. The number of hydrogen-bond donors (Lipinski definition) is 3. The van der Waals surface area contributed by atoms with Crippen molar-refractivity contribution in [3.63, 3.8) is 0 Å². The zero-order valence-corrected chi connectivity index (χ0v) is 17.2. The SMILES string of the molecule is CCCCOc1ccc(C(=O)NC(=S)Nc2cccc(C(N)=O)c2)cc1Br. The van der Waals surface area contributed by atoms with Crippen molar-refractivity contribution in [1.29, 1.82) is 0 Å². The van der Waals surface area contributed by atoms with Crippen LogP contribution in [0.4, 0.5) is 5.69 Å². The fourth-order valence-electron chi connectivity index (χ4n) is 2.17. The average Bonchev–Trinajstić information content (AvgIpc) is 2.63. The summed E-state index contributed by atoms with van der Waals surface area (Å²) in [7, 11) is 0. The van der Waals surface area contributed by atoms with Crippen molar-refractivity contribution in [3.05, 3.63) is 58.1 Å². The first-order valence-corrected chi connectivity index (χ1v) is 9.55. The summed E-state index contributed by atoms with van der Waals surface area (Å²) in [6.45, 7) is 2.71. The van der Waals surface area contributed by atoms with Crippen LogP contribution in [0.1, 0.15) is 40.5 Å². The summed E-state index contributed by atoms with van der Waals surface area (Å²) in [4.78, 5) is 23.6. The van der Waals surface area contributed by atoms with E-state index < -0.39 is 5.91 Å². The highest BCUT2D eigenvalue weighted by molar-refractivity contribution is 9.10. The third-order valence-electron chi connectivity index (χ3n) is 3.58. The number of benzene rings is 2. The molecule has 0 aromatic heterocycles. The minimum atomic E-state index is -0.542. The lowest BCUT2D eigenvalue weighted by molar-refractivity contribution is 0.0974. The minimum Gasteiger partial charge on any atom is -0.492 e. The fraction of sp³-hybridized carbons (Fsp3) is 0.211. The van der Waals surface area contributed by atoms with Crippen molar-refractivity contribution < 1.29 is 14.3 Å². The molecule has 0 aliphatic carbocycles. The monoisotopic (exact) mass is 449 g/mol. The topological polar surface area (TPSA) is 93.4 Å². The summed E-state index contributed by atoms with van der Waals surface area (Å²) in [5, 5.41) is 5.56. The maximum atomic E-state index is 12.4. The predicted octanol–water partition coefficient (Wildman–Crippen LogP) is 3.85. The number of carbonyl (C=O) groups excluding carboxylic acids is 2. The lowest BCUT2D eigenvalue weighted by Gasteiger charge is -2.12. The molecule has 6 nitrogen and oxygen atoms in total. The number of carbonyl (C=O) groups is 2. The van der Waals surface area contributed by atoms with Crippen molar-refractivity contribution in [1.82, 2.24) is 5.32 Å². The van der Waals surface area contributed by atoms with Gasteiger partial charge in [0.25, 0.3) is 5.91 Å². The maximum absolute atomic E-state index is 12.4. The number of halogens is 1. The van der Waals surface area contributed by atoms with Crippen molar-refractivity contribution >= 4 is 50.8 Å². The van der Waals surface area contributed by atoms with Gasteiger partial charge in [-0.2, -0.15) is 0 Å². The summed E-state index contributed by atoms with van der Waals surface area (Å²) < 4.78 is 6.34. The molecular formula is C19H20BrN3O3S. The second kappa shape index (κ2) is 10.0. The molecule has 0 aliphatic heterocycles. The van der Waals surface area contributed by atoms with E-state index >= 15 is 0 Å². The molecule has 0 bridgehead atoms. The zero-order chi connectivity index (χ0) is 19.8. The molecule has 4 N–H and O–H groups in total. The molecule has 2 rings (SSSR count). The molecule has 0 saturated heterocycles. The molecule has 0 unspecified atom stereocenters. The number of nitrogens with two attached hydrogens (primary N) is 1. The molecule has 0 spiro atoms. The van der Waals surface area contributed by atoms with Crippen LogP contribution in [0.5, 0.6) is 5.75 Å². The smallest absolute Gasteiger partial charge is 0.257 e. The number of primary amides is 1. The number of thiocarbonyl (C=S) groups is 1. The standard InChI is InChI=1S/C19H20BrN3O3S/c1-2-3-9-26-16-8-7-13(11-15(16)20)18(25)23-19(27)22-14-6-4-5-12(10-14)17(21)24/h4-8,10-11H,2-3,9H2,1H3,(H2,21,24)(H2,22,23,25,27). The van der Waals surface area contributed by atoms with Crippen LogP contribution < -0.4 is 21.1 Å². The Labute approximate surface area is 171 Å². The van der Waals surface area contributed by atoms with E-state index in [4.69, 9.17) is 22.7 Å². The highest BCUT2D eigenvalue weighted by Crippen LogP contribution is 2.26. The number of ether oxygens (including phenoxy) is 1. The summed E-state index contributed by atoms with van der Waals surface area (Å²) in [6, 6.07) is 11.6. The van der Waals surface area contributed by atoms with Crippen LogP contribution in [0, 0.1) is 0 Å². The lowest BCUT2D eigenvalue weighted by atomic mass is 10.2. The van der Waals surface area contributed by atoms with Crippen LogP contribution in [-0.2, 0) is 0 Å². The van der Waals surface area contributed by atoms with Gasteiger partial charge in [-0.3, -0.25) is 14.9 Å². The third-order valence-corrected chi connectivity index (χ3v) is 4.41. The Balaban J connectivity index is 1.98. The Morgan fingerprint density at radius 3 is 2.63 bits per heavy atom. The maximum Gasteiger partial charge on any atom is 0.257 e. The van der Waals surface area contributed by atoms with Crippen LogP contribution in [-0.4, -0.2) is 23.5 Å². The molecule has 27 heavy (non-hydrogen) atoms. The summed E-state index contributed by atoms with van der Waals surface area (Å²) >= 11 is 8.57. The largest absolute Gasteiger partial charge is 0.492 e. The molecule has 0 saturated carbocycles. The Hall–Kier alpha value is -2.45. The van der Waals surface area contributed by atoms with E-state index in [0.29, 0.717) is 33.6 Å². The predicted molar refractivity (Wildman–Crippen MR) is 113 cm³/mol. The lowest BCUT2D eigenvalue weighted by Crippen LogP contribution is -2.34. The van der Waals surface area contributed by atoms with E-state index in [1.807, 2.05) is 0 Å². The first-order valence-electron chi connectivity index (χ1n) is 8.35. The van der Waals surface area contributed by atoms with Crippen LogP contribution in [0.3, 0.4) is 0 Å². The van der Waals surface area contributed by atoms with E-state index in [0.717, 1.165) is 12.8 Å². The zero-order valence-electron chi connectivity index (χ0n) is 14.8. The van der Waals surface area contributed by atoms with Gasteiger partial charge in [-0.25, -0.2) is 0 Å². The Morgan fingerprint density at radius 2 is 1.96 bits per heavy atom.